The smallest absolute Gasteiger partial charge is 0.195 e. The largest absolute Gasteiger partial charge is 0.317 e. The third-order valence-corrected chi connectivity index (χ3v) is 6.98. The minimum absolute atomic E-state index is 0.365. The van der Waals surface area contributed by atoms with Gasteiger partial charge in [-0.2, -0.15) is 0 Å². The van der Waals surface area contributed by atoms with Crippen molar-refractivity contribution in [3.8, 4) is 11.3 Å². The minimum Gasteiger partial charge on any atom is -0.317 e. The van der Waals surface area contributed by atoms with Crippen molar-refractivity contribution in [3.63, 3.8) is 0 Å². The van der Waals surface area contributed by atoms with E-state index in [0.717, 1.165) is 10.7 Å². The molecule has 2 aromatic carbocycles. The number of hydrogen-bond acceptors (Lipinski definition) is 4. The summed E-state index contributed by atoms with van der Waals surface area (Å²) < 4.78 is 3.52. The standard InChI is InChI=1S/C23H26N4S/c1-14-5-4-6-17(9-14)20-13-27-21-8-7-16(10-22(21)28-23(27)26-20)15(2)25-19-11-18(12-19)24-3/h4-10,13,15,18-19,24-25H,11-12H2,1-3H3. The van der Waals surface area contributed by atoms with Crippen molar-refractivity contribution in [2.24, 2.45) is 0 Å². The summed E-state index contributed by atoms with van der Waals surface area (Å²) in [5.41, 5.74) is 6.07. The lowest BCUT2D eigenvalue weighted by molar-refractivity contribution is 0.244. The molecule has 4 nitrogen and oxygen atoms in total. The first-order chi connectivity index (χ1) is 13.6. The van der Waals surface area contributed by atoms with Crippen molar-refractivity contribution in [2.45, 2.75) is 44.8 Å². The Balaban J connectivity index is 1.41. The van der Waals surface area contributed by atoms with Gasteiger partial charge >= 0.3 is 0 Å². The molecule has 1 unspecified atom stereocenters. The molecule has 0 aliphatic heterocycles. The van der Waals surface area contributed by atoms with Crippen LogP contribution in [0.1, 0.15) is 36.9 Å². The molecular weight excluding hydrogens is 364 g/mol. The van der Waals surface area contributed by atoms with Crippen LogP contribution >= 0.6 is 11.3 Å². The van der Waals surface area contributed by atoms with Crippen LogP contribution in [-0.4, -0.2) is 28.5 Å². The number of thiazole rings is 1. The molecule has 2 heterocycles. The molecule has 2 aromatic heterocycles. The Morgan fingerprint density at radius 3 is 2.79 bits per heavy atom. The second-order valence-electron chi connectivity index (χ2n) is 8.02. The zero-order valence-electron chi connectivity index (χ0n) is 16.6. The molecule has 5 heteroatoms. The van der Waals surface area contributed by atoms with Crippen molar-refractivity contribution in [1.82, 2.24) is 20.0 Å². The Kier molecular flexibility index (Phi) is 4.46. The predicted molar refractivity (Wildman–Crippen MR) is 118 cm³/mol. The zero-order chi connectivity index (χ0) is 19.3. The van der Waals surface area contributed by atoms with Crippen molar-refractivity contribution in [1.29, 1.82) is 0 Å². The maximum absolute atomic E-state index is 4.88. The van der Waals surface area contributed by atoms with Gasteiger partial charge in [-0.15, -0.1) is 0 Å². The van der Waals surface area contributed by atoms with E-state index in [1.807, 2.05) is 0 Å². The van der Waals surface area contributed by atoms with Crippen LogP contribution < -0.4 is 10.6 Å². The fraction of sp³-hybridized carbons (Fsp3) is 0.348. The molecule has 28 heavy (non-hydrogen) atoms. The van der Waals surface area contributed by atoms with Crippen molar-refractivity contribution in [2.75, 3.05) is 7.05 Å². The number of aromatic nitrogens is 2. The highest BCUT2D eigenvalue weighted by Crippen LogP contribution is 2.32. The highest BCUT2D eigenvalue weighted by molar-refractivity contribution is 7.23. The summed E-state index contributed by atoms with van der Waals surface area (Å²) >= 11 is 1.77. The second kappa shape index (κ2) is 6.99. The van der Waals surface area contributed by atoms with Crippen LogP contribution in [0, 0.1) is 6.92 Å². The molecule has 0 bridgehead atoms. The molecule has 4 aromatic rings. The molecule has 0 spiro atoms. The summed E-state index contributed by atoms with van der Waals surface area (Å²) in [4.78, 5) is 5.94. The summed E-state index contributed by atoms with van der Waals surface area (Å²) in [6.45, 7) is 4.39. The first kappa shape index (κ1) is 17.9. The molecule has 0 saturated heterocycles. The molecule has 5 rings (SSSR count). The van der Waals surface area contributed by atoms with Crippen molar-refractivity contribution < 1.29 is 0 Å². The summed E-state index contributed by atoms with van der Waals surface area (Å²) in [5, 5.41) is 7.12. The number of benzene rings is 2. The quantitative estimate of drug-likeness (QED) is 0.508. The molecule has 1 atom stereocenters. The normalized spacial score (nSPS) is 20.5. The van der Waals surface area contributed by atoms with Crippen LogP contribution in [0.2, 0.25) is 0 Å². The van der Waals surface area contributed by atoms with E-state index < -0.39 is 0 Å². The third kappa shape index (κ3) is 3.13. The van der Waals surface area contributed by atoms with Gasteiger partial charge in [0.1, 0.15) is 0 Å². The number of nitrogens with one attached hydrogen (secondary N) is 2. The summed E-state index contributed by atoms with van der Waals surface area (Å²) in [6.07, 6.45) is 4.60. The molecule has 1 aliphatic carbocycles. The van der Waals surface area contributed by atoms with Gasteiger partial charge in [0, 0.05) is 29.9 Å². The van der Waals surface area contributed by atoms with Crippen LogP contribution in [-0.2, 0) is 0 Å². The summed E-state index contributed by atoms with van der Waals surface area (Å²) in [7, 11) is 2.05. The average Bonchev–Trinajstić information content (AvgIpc) is 3.21. The Bertz CT molecular complexity index is 1140. The van der Waals surface area contributed by atoms with E-state index in [4.69, 9.17) is 4.98 Å². The van der Waals surface area contributed by atoms with E-state index in [0.29, 0.717) is 18.1 Å². The monoisotopic (exact) mass is 390 g/mol. The number of rotatable bonds is 5. The minimum atomic E-state index is 0.365. The van der Waals surface area contributed by atoms with Crippen LogP contribution in [0.5, 0.6) is 0 Å². The predicted octanol–water partition coefficient (Wildman–Crippen LogP) is 4.93. The fourth-order valence-electron chi connectivity index (χ4n) is 4.17. The molecule has 0 radical (unpaired) electrons. The Morgan fingerprint density at radius 1 is 1.14 bits per heavy atom. The van der Waals surface area contributed by atoms with Crippen LogP contribution in [0.25, 0.3) is 26.4 Å². The van der Waals surface area contributed by atoms with E-state index in [9.17, 15) is 0 Å². The zero-order valence-corrected chi connectivity index (χ0v) is 17.4. The van der Waals surface area contributed by atoms with Gasteiger partial charge in [-0.25, -0.2) is 4.98 Å². The van der Waals surface area contributed by atoms with Gasteiger partial charge in [-0.05, 0) is 57.5 Å². The maximum atomic E-state index is 4.88. The maximum Gasteiger partial charge on any atom is 0.195 e. The van der Waals surface area contributed by atoms with E-state index in [-0.39, 0.29) is 0 Å². The van der Waals surface area contributed by atoms with E-state index in [2.05, 4.69) is 84.6 Å². The van der Waals surface area contributed by atoms with Crippen LogP contribution in [0.15, 0.2) is 48.7 Å². The highest BCUT2D eigenvalue weighted by Gasteiger charge is 2.28. The molecule has 1 fully saturated rings. The van der Waals surface area contributed by atoms with Gasteiger partial charge in [0.25, 0.3) is 0 Å². The second-order valence-corrected chi connectivity index (χ2v) is 9.03. The SMILES string of the molecule is CNC1CC(NC(C)c2ccc3c(c2)sc2nc(-c4cccc(C)c4)cn23)C1. The lowest BCUT2D eigenvalue weighted by atomic mass is 9.86. The van der Waals surface area contributed by atoms with Crippen molar-refractivity contribution in [3.05, 3.63) is 59.8 Å². The number of fused-ring (bicyclic) bond motifs is 3. The molecule has 1 saturated carbocycles. The number of imidazole rings is 1. The lowest BCUT2D eigenvalue weighted by Crippen LogP contribution is -2.50. The van der Waals surface area contributed by atoms with Crippen molar-refractivity contribution >= 4 is 26.5 Å². The molecular formula is C23H26N4S. The van der Waals surface area contributed by atoms with E-state index in [1.54, 1.807) is 11.3 Å². The Hall–Kier alpha value is -2.21. The van der Waals surface area contributed by atoms with Gasteiger partial charge in [0.05, 0.1) is 15.9 Å². The Morgan fingerprint density at radius 2 is 2.00 bits per heavy atom. The number of hydrogen-bond donors (Lipinski definition) is 2. The third-order valence-electron chi connectivity index (χ3n) is 5.96. The summed E-state index contributed by atoms with van der Waals surface area (Å²) in [5.74, 6) is 0. The number of aryl methyl sites for hydroxylation is 1. The van der Waals surface area contributed by atoms with Gasteiger partial charge in [0.15, 0.2) is 4.96 Å². The molecule has 0 amide bonds. The van der Waals surface area contributed by atoms with Gasteiger partial charge in [-0.3, -0.25) is 4.40 Å². The van der Waals surface area contributed by atoms with E-state index >= 15 is 0 Å². The lowest BCUT2D eigenvalue weighted by Gasteiger charge is -2.37. The Labute approximate surface area is 169 Å². The van der Waals surface area contributed by atoms with Crippen LogP contribution in [0.4, 0.5) is 0 Å². The first-order valence-corrected chi connectivity index (χ1v) is 10.8. The molecule has 144 valence electrons. The highest BCUT2D eigenvalue weighted by atomic mass is 32.1. The summed E-state index contributed by atoms with van der Waals surface area (Å²) in [6, 6.07) is 17.0. The first-order valence-electron chi connectivity index (χ1n) is 10.0. The fourth-order valence-corrected chi connectivity index (χ4v) is 5.23. The molecule has 1 aliphatic rings. The van der Waals surface area contributed by atoms with Gasteiger partial charge in [0.2, 0.25) is 0 Å². The number of nitrogens with zero attached hydrogens (tertiary/aromatic N) is 2. The molecule has 2 N–H and O–H groups in total. The van der Waals surface area contributed by atoms with Crippen LogP contribution in [0.3, 0.4) is 0 Å². The van der Waals surface area contributed by atoms with E-state index in [1.165, 1.54) is 39.7 Å². The van der Waals surface area contributed by atoms with Gasteiger partial charge < -0.3 is 10.6 Å². The average molecular weight is 391 g/mol. The topological polar surface area (TPSA) is 41.4 Å². The van der Waals surface area contributed by atoms with Gasteiger partial charge in [-0.1, -0.05) is 41.2 Å².